The van der Waals surface area contributed by atoms with Gasteiger partial charge in [0.2, 0.25) is 5.88 Å². The lowest BCUT2D eigenvalue weighted by Crippen LogP contribution is -2.51. The van der Waals surface area contributed by atoms with Gasteiger partial charge >= 0.3 is 12.2 Å². The fourth-order valence-corrected chi connectivity index (χ4v) is 5.40. The molecule has 236 valence electrons. The van der Waals surface area contributed by atoms with Gasteiger partial charge < -0.3 is 29.4 Å². The molecule has 1 aliphatic heterocycles. The number of aromatic nitrogens is 2. The Balaban J connectivity index is 1.41. The Morgan fingerprint density at radius 2 is 1.68 bits per heavy atom. The first-order chi connectivity index (χ1) is 20.6. The second-order valence-corrected chi connectivity index (χ2v) is 13.8. The Labute approximate surface area is 257 Å². The maximum atomic E-state index is 13.9. The molecule has 1 saturated carbocycles. The number of fused-ring (bicyclic) bond motifs is 1. The molecule has 5 rings (SSSR count). The Bertz CT molecular complexity index is 1550. The van der Waals surface area contributed by atoms with E-state index < -0.39 is 29.3 Å². The lowest BCUT2D eigenvalue weighted by Gasteiger charge is -2.39. The molecule has 12 nitrogen and oxygen atoms in total. The molecule has 3 aromatic heterocycles. The Morgan fingerprint density at radius 1 is 0.977 bits per heavy atom. The summed E-state index contributed by atoms with van der Waals surface area (Å²) < 4.78 is 16.9. The van der Waals surface area contributed by atoms with Gasteiger partial charge in [0.05, 0.1) is 17.6 Å². The van der Waals surface area contributed by atoms with Gasteiger partial charge in [-0.15, -0.1) is 0 Å². The van der Waals surface area contributed by atoms with Crippen molar-refractivity contribution in [2.24, 2.45) is 5.92 Å². The Hall–Kier alpha value is -4.35. The van der Waals surface area contributed by atoms with E-state index in [1.165, 1.54) is 0 Å². The van der Waals surface area contributed by atoms with Gasteiger partial charge in [-0.25, -0.2) is 9.59 Å². The number of pyridine rings is 2. The van der Waals surface area contributed by atoms with Gasteiger partial charge in [-0.1, -0.05) is 6.92 Å². The van der Waals surface area contributed by atoms with Crippen LogP contribution in [0.3, 0.4) is 0 Å². The van der Waals surface area contributed by atoms with Crippen LogP contribution in [0.15, 0.2) is 35.1 Å². The number of nitrogens with one attached hydrogen (secondary N) is 3. The number of anilines is 3. The molecule has 0 bridgehead atoms. The third-order valence-electron chi connectivity index (χ3n) is 7.21. The topological polar surface area (TPSA) is 148 Å². The summed E-state index contributed by atoms with van der Waals surface area (Å²) in [5.41, 5.74) is 1.71. The largest absolute Gasteiger partial charge is 0.444 e. The quantitative estimate of drug-likeness (QED) is 0.288. The van der Waals surface area contributed by atoms with E-state index in [-0.39, 0.29) is 23.4 Å². The molecule has 2 aliphatic rings. The highest BCUT2D eigenvalue weighted by Gasteiger charge is 2.32. The predicted octanol–water partition coefficient (Wildman–Crippen LogP) is 6.44. The van der Waals surface area contributed by atoms with Crippen LogP contribution in [0.4, 0.5) is 26.8 Å². The molecule has 1 aliphatic carbocycles. The van der Waals surface area contributed by atoms with Crippen molar-refractivity contribution < 1.29 is 28.3 Å². The monoisotopic (exact) mass is 606 g/mol. The number of hydrogen-bond donors (Lipinski definition) is 3. The van der Waals surface area contributed by atoms with Gasteiger partial charge in [0.15, 0.2) is 5.58 Å². The van der Waals surface area contributed by atoms with Crippen molar-refractivity contribution >= 4 is 46.5 Å². The second-order valence-electron chi connectivity index (χ2n) is 13.8. The molecule has 4 heterocycles. The van der Waals surface area contributed by atoms with Gasteiger partial charge in [-0.3, -0.25) is 20.1 Å². The van der Waals surface area contributed by atoms with Gasteiger partial charge in [0.1, 0.15) is 22.3 Å². The highest BCUT2D eigenvalue weighted by molar-refractivity contribution is 6.16. The van der Waals surface area contributed by atoms with Crippen LogP contribution in [0, 0.1) is 5.92 Å². The summed E-state index contributed by atoms with van der Waals surface area (Å²) >= 11 is 0. The van der Waals surface area contributed by atoms with Crippen molar-refractivity contribution in [3.63, 3.8) is 0 Å². The molecule has 12 heteroatoms. The van der Waals surface area contributed by atoms with E-state index in [0.717, 1.165) is 30.5 Å². The van der Waals surface area contributed by atoms with Crippen LogP contribution in [0.1, 0.15) is 89.6 Å². The van der Waals surface area contributed by atoms with E-state index in [9.17, 15) is 14.4 Å². The normalized spacial score (nSPS) is 18.9. The molecule has 2 atom stereocenters. The first kappa shape index (κ1) is 31.1. The van der Waals surface area contributed by atoms with Gasteiger partial charge in [0, 0.05) is 31.5 Å². The minimum Gasteiger partial charge on any atom is -0.444 e. The van der Waals surface area contributed by atoms with Crippen molar-refractivity contribution in [1.29, 1.82) is 0 Å². The zero-order valence-electron chi connectivity index (χ0n) is 26.4. The molecule has 3 N–H and O–H groups in total. The van der Waals surface area contributed by atoms with Crippen molar-refractivity contribution in [3.05, 3.63) is 41.9 Å². The molecule has 1 saturated heterocycles. The van der Waals surface area contributed by atoms with Crippen molar-refractivity contribution in [1.82, 2.24) is 15.3 Å². The summed E-state index contributed by atoms with van der Waals surface area (Å²) in [4.78, 5) is 50.1. The van der Waals surface area contributed by atoms with E-state index in [0.29, 0.717) is 35.8 Å². The maximum Gasteiger partial charge on any atom is 0.414 e. The number of nitrogens with zero attached hydrogens (tertiary/aromatic N) is 3. The SMILES string of the molecule is C[C@@H]1C[C@H](NC(=O)OC(C)(C)C)CN(c2ccncc2NC(=O)c2c(NC(=O)OC(C)(C)C)oc3cc(C4CC4)cnc23)C1. The average molecular weight is 607 g/mol. The van der Waals surface area contributed by atoms with Gasteiger partial charge in [0.25, 0.3) is 5.91 Å². The highest BCUT2D eigenvalue weighted by Crippen LogP contribution is 2.42. The summed E-state index contributed by atoms with van der Waals surface area (Å²) in [7, 11) is 0. The number of furan rings is 1. The summed E-state index contributed by atoms with van der Waals surface area (Å²) in [5.74, 6) is 0.109. The van der Waals surface area contributed by atoms with Crippen LogP contribution < -0.4 is 20.9 Å². The number of rotatable bonds is 6. The van der Waals surface area contributed by atoms with E-state index in [1.807, 2.05) is 32.9 Å². The van der Waals surface area contributed by atoms with E-state index in [2.05, 4.69) is 37.7 Å². The van der Waals surface area contributed by atoms with Gasteiger partial charge in [-0.05, 0) is 90.3 Å². The number of hydrogen-bond acceptors (Lipinski definition) is 9. The first-order valence-electron chi connectivity index (χ1n) is 15.1. The number of piperidine rings is 1. The van der Waals surface area contributed by atoms with Gasteiger partial charge in [-0.2, -0.15) is 0 Å². The molecular formula is C32H42N6O6. The summed E-state index contributed by atoms with van der Waals surface area (Å²) in [5, 5.41) is 8.56. The highest BCUT2D eigenvalue weighted by atomic mass is 16.6. The van der Waals surface area contributed by atoms with Crippen LogP contribution in [0.25, 0.3) is 11.1 Å². The number of ether oxygens (including phenoxy) is 2. The molecule has 0 unspecified atom stereocenters. The molecule has 0 aromatic carbocycles. The van der Waals surface area contributed by atoms with Crippen LogP contribution >= 0.6 is 0 Å². The minimum absolute atomic E-state index is 0.0501. The molecular weight excluding hydrogens is 564 g/mol. The van der Waals surface area contributed by atoms with E-state index >= 15 is 0 Å². The van der Waals surface area contributed by atoms with Crippen LogP contribution in [0.5, 0.6) is 0 Å². The van der Waals surface area contributed by atoms with E-state index in [4.69, 9.17) is 13.9 Å². The third kappa shape index (κ3) is 7.78. The third-order valence-corrected chi connectivity index (χ3v) is 7.21. The number of carbonyl (C=O) groups excluding carboxylic acids is 3. The lowest BCUT2D eigenvalue weighted by atomic mass is 9.95. The average Bonchev–Trinajstić information content (AvgIpc) is 3.67. The van der Waals surface area contributed by atoms with Crippen molar-refractivity contribution in [2.45, 2.75) is 90.9 Å². The molecule has 3 aromatic rings. The Morgan fingerprint density at radius 3 is 2.36 bits per heavy atom. The smallest absolute Gasteiger partial charge is 0.414 e. The van der Waals surface area contributed by atoms with Crippen molar-refractivity contribution in [3.8, 4) is 0 Å². The predicted molar refractivity (Wildman–Crippen MR) is 167 cm³/mol. The molecule has 3 amide bonds. The first-order valence-corrected chi connectivity index (χ1v) is 15.1. The van der Waals surface area contributed by atoms with Crippen molar-refractivity contribution in [2.75, 3.05) is 28.6 Å². The van der Waals surface area contributed by atoms with Crippen LogP contribution in [-0.4, -0.2) is 58.4 Å². The zero-order valence-corrected chi connectivity index (χ0v) is 26.4. The number of amides is 3. The minimum atomic E-state index is -0.749. The second kappa shape index (κ2) is 12.0. The zero-order chi connectivity index (χ0) is 31.8. The summed E-state index contributed by atoms with van der Waals surface area (Å²) in [6.07, 6.45) is 6.72. The molecule has 2 fully saturated rings. The standard InChI is InChI=1S/C32H42N6O6/c1-18-12-21(35-29(40)43-31(2,3)4)17-38(16-18)23-10-11-33-15-22(23)36-27(39)25-26-24(13-20(14-34-26)19-8-9-19)42-28(25)37-30(41)44-32(5,6)7/h10-11,13-15,18-19,21H,8-9,12,16-17H2,1-7H3,(H,35,40)(H,36,39)(H,37,41)/t18-,21+/m1/s1. The van der Waals surface area contributed by atoms with Crippen LogP contribution in [-0.2, 0) is 9.47 Å². The molecule has 0 spiro atoms. The fraction of sp³-hybridized carbons (Fsp3) is 0.531. The Kier molecular flexibility index (Phi) is 8.46. The lowest BCUT2D eigenvalue weighted by molar-refractivity contribution is 0.0494. The number of alkyl carbamates (subject to hydrolysis) is 1. The van der Waals surface area contributed by atoms with E-state index in [1.54, 1.807) is 39.4 Å². The maximum absolute atomic E-state index is 13.9. The summed E-state index contributed by atoms with van der Waals surface area (Å²) in [6.45, 7) is 14.1. The van der Waals surface area contributed by atoms with Crippen LogP contribution in [0.2, 0.25) is 0 Å². The molecule has 0 radical (unpaired) electrons. The molecule has 44 heavy (non-hydrogen) atoms. The fourth-order valence-electron chi connectivity index (χ4n) is 5.40. The summed E-state index contributed by atoms with van der Waals surface area (Å²) in [6, 6.07) is 3.54. The number of carbonyl (C=O) groups is 3.